The highest BCUT2D eigenvalue weighted by Crippen LogP contribution is 2.21. The summed E-state index contributed by atoms with van der Waals surface area (Å²) in [6.45, 7) is 11.7. The van der Waals surface area contributed by atoms with E-state index in [4.69, 9.17) is 9.47 Å². The lowest BCUT2D eigenvalue weighted by atomic mass is 10.2. The van der Waals surface area contributed by atoms with Gasteiger partial charge in [-0.2, -0.15) is 0 Å². The molecule has 0 saturated carbocycles. The van der Waals surface area contributed by atoms with E-state index in [0.717, 1.165) is 32.2 Å². The molecule has 0 bridgehead atoms. The Morgan fingerprint density at radius 2 is 1.79 bits per heavy atom. The SMILES string of the molecule is CCOC(CCN1CCCN2CCCC2C1)OCC. The van der Waals surface area contributed by atoms with Crippen LogP contribution in [-0.4, -0.2) is 68.1 Å². The predicted octanol–water partition coefficient (Wildman–Crippen LogP) is 1.95. The first-order valence-electron chi connectivity index (χ1n) is 8.03. The van der Waals surface area contributed by atoms with Crippen LogP contribution in [0.15, 0.2) is 0 Å². The zero-order valence-corrected chi connectivity index (χ0v) is 12.6. The summed E-state index contributed by atoms with van der Waals surface area (Å²) in [6, 6.07) is 0.806. The molecule has 0 aliphatic carbocycles. The molecule has 0 aromatic rings. The average Bonchev–Trinajstić information content (AvgIpc) is 2.75. The molecule has 1 unspecified atom stereocenters. The smallest absolute Gasteiger partial charge is 0.158 e. The Hall–Kier alpha value is -0.160. The van der Waals surface area contributed by atoms with Crippen molar-refractivity contribution in [1.29, 1.82) is 0 Å². The van der Waals surface area contributed by atoms with E-state index in [1.165, 1.54) is 45.4 Å². The standard InChI is InChI=1S/C15H30N2O2/c1-3-18-15(19-4-2)8-12-16-9-6-11-17-10-5-7-14(17)13-16/h14-15H,3-13H2,1-2H3. The Balaban J connectivity index is 1.74. The van der Waals surface area contributed by atoms with Gasteiger partial charge in [0.2, 0.25) is 0 Å². The number of hydrogen-bond donors (Lipinski definition) is 0. The lowest BCUT2D eigenvalue weighted by Gasteiger charge is -2.27. The highest BCUT2D eigenvalue weighted by atomic mass is 16.7. The first kappa shape index (κ1) is 15.2. The molecule has 19 heavy (non-hydrogen) atoms. The lowest BCUT2D eigenvalue weighted by molar-refractivity contribution is -0.141. The second-order valence-electron chi connectivity index (χ2n) is 5.62. The fraction of sp³-hybridized carbons (Fsp3) is 1.00. The zero-order chi connectivity index (χ0) is 13.5. The predicted molar refractivity (Wildman–Crippen MR) is 77.3 cm³/mol. The van der Waals surface area contributed by atoms with Crippen LogP contribution in [-0.2, 0) is 9.47 Å². The first-order chi connectivity index (χ1) is 9.33. The molecule has 112 valence electrons. The van der Waals surface area contributed by atoms with Gasteiger partial charge >= 0.3 is 0 Å². The van der Waals surface area contributed by atoms with E-state index in [0.29, 0.717) is 0 Å². The van der Waals surface area contributed by atoms with E-state index in [1.807, 2.05) is 13.8 Å². The molecule has 4 nitrogen and oxygen atoms in total. The number of fused-ring (bicyclic) bond motifs is 1. The second kappa shape index (κ2) is 8.20. The van der Waals surface area contributed by atoms with Crippen molar-refractivity contribution in [2.24, 2.45) is 0 Å². The monoisotopic (exact) mass is 270 g/mol. The Morgan fingerprint density at radius 1 is 1.05 bits per heavy atom. The third-order valence-corrected chi connectivity index (χ3v) is 4.27. The van der Waals surface area contributed by atoms with Gasteiger partial charge in [-0.25, -0.2) is 0 Å². The van der Waals surface area contributed by atoms with Gasteiger partial charge in [-0.05, 0) is 52.7 Å². The molecule has 2 saturated heterocycles. The highest BCUT2D eigenvalue weighted by Gasteiger charge is 2.28. The van der Waals surface area contributed by atoms with Crippen molar-refractivity contribution >= 4 is 0 Å². The molecular formula is C15H30N2O2. The van der Waals surface area contributed by atoms with Crippen LogP contribution >= 0.6 is 0 Å². The van der Waals surface area contributed by atoms with Crippen LogP contribution in [0, 0.1) is 0 Å². The molecule has 0 spiro atoms. The molecular weight excluding hydrogens is 240 g/mol. The molecule has 2 aliphatic heterocycles. The van der Waals surface area contributed by atoms with Gasteiger partial charge in [-0.3, -0.25) is 4.90 Å². The van der Waals surface area contributed by atoms with Crippen molar-refractivity contribution in [3.63, 3.8) is 0 Å². The van der Waals surface area contributed by atoms with Gasteiger partial charge in [0, 0.05) is 38.8 Å². The second-order valence-corrected chi connectivity index (χ2v) is 5.62. The van der Waals surface area contributed by atoms with Crippen LogP contribution in [0.3, 0.4) is 0 Å². The molecule has 2 heterocycles. The van der Waals surface area contributed by atoms with Crippen molar-refractivity contribution in [2.45, 2.75) is 51.9 Å². The third-order valence-electron chi connectivity index (χ3n) is 4.27. The summed E-state index contributed by atoms with van der Waals surface area (Å²) in [7, 11) is 0. The quantitative estimate of drug-likeness (QED) is 0.660. The minimum atomic E-state index is -0.0158. The first-order valence-corrected chi connectivity index (χ1v) is 8.03. The number of rotatable bonds is 7. The van der Waals surface area contributed by atoms with Crippen LogP contribution in [0.2, 0.25) is 0 Å². The summed E-state index contributed by atoms with van der Waals surface area (Å²) in [5.74, 6) is 0. The normalized spacial score (nSPS) is 25.7. The molecule has 0 N–H and O–H groups in total. The fourth-order valence-corrected chi connectivity index (χ4v) is 3.36. The van der Waals surface area contributed by atoms with Crippen LogP contribution < -0.4 is 0 Å². The lowest BCUT2D eigenvalue weighted by Crippen LogP contribution is -2.38. The third kappa shape index (κ3) is 4.71. The molecule has 2 aliphatic rings. The molecule has 0 radical (unpaired) electrons. The van der Waals surface area contributed by atoms with E-state index >= 15 is 0 Å². The van der Waals surface area contributed by atoms with Gasteiger partial charge in [-0.15, -0.1) is 0 Å². The summed E-state index contributed by atoms with van der Waals surface area (Å²) in [6.07, 6.45) is 5.06. The van der Waals surface area contributed by atoms with Gasteiger partial charge in [-0.1, -0.05) is 0 Å². The van der Waals surface area contributed by atoms with Gasteiger partial charge in [0.15, 0.2) is 6.29 Å². The topological polar surface area (TPSA) is 24.9 Å². The Morgan fingerprint density at radius 3 is 2.53 bits per heavy atom. The number of ether oxygens (including phenoxy) is 2. The van der Waals surface area contributed by atoms with Crippen LogP contribution in [0.1, 0.15) is 39.5 Å². The van der Waals surface area contributed by atoms with Gasteiger partial charge in [0.25, 0.3) is 0 Å². The summed E-state index contributed by atoms with van der Waals surface area (Å²) >= 11 is 0. The van der Waals surface area contributed by atoms with E-state index in [2.05, 4.69) is 9.80 Å². The Bertz CT molecular complexity index is 244. The Labute approximate surface area is 118 Å². The van der Waals surface area contributed by atoms with Crippen molar-refractivity contribution in [3.05, 3.63) is 0 Å². The maximum Gasteiger partial charge on any atom is 0.158 e. The van der Waals surface area contributed by atoms with Crippen LogP contribution in [0.5, 0.6) is 0 Å². The maximum atomic E-state index is 5.63. The molecule has 4 heteroatoms. The summed E-state index contributed by atoms with van der Waals surface area (Å²) in [4.78, 5) is 5.30. The van der Waals surface area contributed by atoms with Gasteiger partial charge < -0.3 is 14.4 Å². The largest absolute Gasteiger partial charge is 0.353 e. The van der Waals surface area contributed by atoms with Crippen molar-refractivity contribution < 1.29 is 9.47 Å². The Kier molecular flexibility index (Phi) is 6.57. The molecule has 0 aromatic heterocycles. The maximum absolute atomic E-state index is 5.63. The van der Waals surface area contributed by atoms with Crippen LogP contribution in [0.25, 0.3) is 0 Å². The van der Waals surface area contributed by atoms with E-state index in [-0.39, 0.29) is 6.29 Å². The van der Waals surface area contributed by atoms with Crippen molar-refractivity contribution in [2.75, 3.05) is 45.9 Å². The van der Waals surface area contributed by atoms with Crippen molar-refractivity contribution in [1.82, 2.24) is 9.80 Å². The summed E-state index contributed by atoms with van der Waals surface area (Å²) in [5.41, 5.74) is 0. The molecule has 2 fully saturated rings. The number of hydrogen-bond acceptors (Lipinski definition) is 4. The molecule has 1 atom stereocenters. The van der Waals surface area contributed by atoms with Crippen molar-refractivity contribution in [3.8, 4) is 0 Å². The van der Waals surface area contributed by atoms with E-state index in [9.17, 15) is 0 Å². The minimum Gasteiger partial charge on any atom is -0.353 e. The number of nitrogens with zero attached hydrogens (tertiary/aromatic N) is 2. The van der Waals surface area contributed by atoms with Gasteiger partial charge in [0.05, 0.1) is 0 Å². The molecule has 0 amide bonds. The van der Waals surface area contributed by atoms with E-state index in [1.54, 1.807) is 0 Å². The minimum absolute atomic E-state index is 0.0158. The summed E-state index contributed by atoms with van der Waals surface area (Å²) in [5, 5.41) is 0. The highest BCUT2D eigenvalue weighted by molar-refractivity contribution is 4.84. The fourth-order valence-electron chi connectivity index (χ4n) is 3.36. The molecule has 0 aromatic carbocycles. The molecule has 2 rings (SSSR count). The summed E-state index contributed by atoms with van der Waals surface area (Å²) < 4.78 is 11.3. The average molecular weight is 270 g/mol. The zero-order valence-electron chi connectivity index (χ0n) is 12.6. The van der Waals surface area contributed by atoms with Gasteiger partial charge in [0.1, 0.15) is 0 Å². The van der Waals surface area contributed by atoms with E-state index < -0.39 is 0 Å². The van der Waals surface area contributed by atoms with Crippen LogP contribution in [0.4, 0.5) is 0 Å².